The lowest BCUT2D eigenvalue weighted by Gasteiger charge is -2.30. The van der Waals surface area contributed by atoms with Crippen molar-refractivity contribution in [1.82, 2.24) is 0 Å². The van der Waals surface area contributed by atoms with Crippen LogP contribution >= 0.6 is 11.8 Å². The number of nitriles is 2. The number of fused-ring (bicyclic) bond motifs is 3. The van der Waals surface area contributed by atoms with Crippen LogP contribution in [0, 0.1) is 22.7 Å². The number of benzene rings is 1. The molecule has 0 saturated heterocycles. The average Bonchev–Trinajstić information content (AvgIpc) is 3.22. The van der Waals surface area contributed by atoms with E-state index in [1.165, 1.54) is 18.0 Å². The van der Waals surface area contributed by atoms with Gasteiger partial charge in [0.15, 0.2) is 0 Å². The maximum absolute atomic E-state index is 9.72. The van der Waals surface area contributed by atoms with Gasteiger partial charge >= 0.3 is 0 Å². The highest BCUT2D eigenvalue weighted by Crippen LogP contribution is 2.54. The van der Waals surface area contributed by atoms with Gasteiger partial charge in [0.2, 0.25) is 0 Å². The SMILES string of the molecule is N#CC1=C(N)N2C(=C(C#N)[C@@H]1c1ccco1)Sc1ccccc12. The van der Waals surface area contributed by atoms with Crippen molar-refractivity contribution in [3.63, 3.8) is 0 Å². The lowest BCUT2D eigenvalue weighted by atomic mass is 9.87. The molecule has 0 fully saturated rings. The summed E-state index contributed by atoms with van der Waals surface area (Å²) in [5.41, 5.74) is 7.99. The Labute approximate surface area is 136 Å². The fourth-order valence-corrected chi connectivity index (χ4v) is 4.09. The summed E-state index contributed by atoms with van der Waals surface area (Å²) in [7, 11) is 0. The lowest BCUT2D eigenvalue weighted by Crippen LogP contribution is -2.32. The van der Waals surface area contributed by atoms with Crippen molar-refractivity contribution in [3.8, 4) is 12.1 Å². The first-order chi connectivity index (χ1) is 11.3. The molecule has 0 aliphatic carbocycles. The van der Waals surface area contributed by atoms with Crippen LogP contribution in [0.2, 0.25) is 0 Å². The highest BCUT2D eigenvalue weighted by Gasteiger charge is 2.41. The molecule has 2 aromatic rings. The minimum atomic E-state index is -0.562. The molecule has 2 aliphatic heterocycles. The maximum Gasteiger partial charge on any atom is 0.123 e. The summed E-state index contributed by atoms with van der Waals surface area (Å²) in [6, 6.07) is 15.7. The van der Waals surface area contributed by atoms with Crippen molar-refractivity contribution in [1.29, 1.82) is 10.5 Å². The van der Waals surface area contributed by atoms with E-state index in [9.17, 15) is 10.5 Å². The molecule has 23 heavy (non-hydrogen) atoms. The number of rotatable bonds is 1. The van der Waals surface area contributed by atoms with Gasteiger partial charge in [0.25, 0.3) is 0 Å². The van der Waals surface area contributed by atoms with Crippen LogP contribution in [0.1, 0.15) is 11.7 Å². The third-order valence-corrected chi connectivity index (χ3v) is 5.07. The summed E-state index contributed by atoms with van der Waals surface area (Å²) in [6.07, 6.45) is 1.53. The molecule has 2 aliphatic rings. The van der Waals surface area contributed by atoms with E-state index in [-0.39, 0.29) is 0 Å². The molecule has 6 heteroatoms. The molecule has 1 aromatic carbocycles. The number of hydrogen-bond acceptors (Lipinski definition) is 6. The van der Waals surface area contributed by atoms with Crippen molar-refractivity contribution in [3.05, 3.63) is 70.4 Å². The second-order valence-electron chi connectivity index (χ2n) is 5.09. The van der Waals surface area contributed by atoms with Gasteiger partial charge in [-0.3, -0.25) is 4.90 Å². The van der Waals surface area contributed by atoms with Crippen LogP contribution in [-0.2, 0) is 0 Å². The Morgan fingerprint density at radius 3 is 2.57 bits per heavy atom. The van der Waals surface area contributed by atoms with Gasteiger partial charge in [0, 0.05) is 4.90 Å². The molecule has 0 spiro atoms. The fraction of sp³-hybridized carbons (Fsp3) is 0.0588. The standard InChI is InChI=1S/C17H10N4OS/c18-8-10-15(13-5-3-7-22-13)11(9-19)17-21(16(10)20)12-4-1-2-6-14(12)23-17/h1-7,15H,20H2/t15-/m1/s1. The normalized spacial score (nSPS) is 19.2. The number of thioether (sulfide) groups is 1. The third-order valence-electron chi connectivity index (χ3n) is 3.91. The number of nitrogens with two attached hydrogens (primary N) is 1. The van der Waals surface area contributed by atoms with E-state index in [2.05, 4.69) is 12.1 Å². The summed E-state index contributed by atoms with van der Waals surface area (Å²) in [4.78, 5) is 2.80. The highest BCUT2D eigenvalue weighted by atomic mass is 32.2. The smallest absolute Gasteiger partial charge is 0.123 e. The molecule has 2 N–H and O–H groups in total. The molecule has 3 heterocycles. The van der Waals surface area contributed by atoms with E-state index in [0.29, 0.717) is 22.7 Å². The van der Waals surface area contributed by atoms with Crippen LogP contribution in [0.15, 0.2) is 74.0 Å². The van der Waals surface area contributed by atoms with Crippen molar-refractivity contribution >= 4 is 17.4 Å². The fourth-order valence-electron chi connectivity index (χ4n) is 2.91. The minimum absolute atomic E-state index is 0.331. The maximum atomic E-state index is 9.72. The zero-order chi connectivity index (χ0) is 16.0. The Bertz CT molecular complexity index is 944. The van der Waals surface area contributed by atoms with Gasteiger partial charge in [-0.15, -0.1) is 0 Å². The molecule has 1 aromatic heterocycles. The monoisotopic (exact) mass is 318 g/mol. The van der Waals surface area contributed by atoms with Crippen molar-refractivity contribution in [2.75, 3.05) is 4.90 Å². The van der Waals surface area contributed by atoms with Gasteiger partial charge in [0.1, 0.15) is 16.6 Å². The Morgan fingerprint density at radius 1 is 1.09 bits per heavy atom. The predicted molar refractivity (Wildman–Crippen MR) is 85.7 cm³/mol. The summed E-state index contributed by atoms with van der Waals surface area (Å²) >= 11 is 1.49. The molecule has 5 nitrogen and oxygen atoms in total. The first-order valence-electron chi connectivity index (χ1n) is 6.90. The largest absolute Gasteiger partial charge is 0.468 e. The molecule has 4 rings (SSSR count). The van der Waals surface area contributed by atoms with E-state index in [1.807, 2.05) is 24.3 Å². The Kier molecular flexibility index (Phi) is 2.94. The highest BCUT2D eigenvalue weighted by molar-refractivity contribution is 8.03. The van der Waals surface area contributed by atoms with E-state index >= 15 is 0 Å². The topological polar surface area (TPSA) is 90.0 Å². The first-order valence-corrected chi connectivity index (χ1v) is 7.72. The van der Waals surface area contributed by atoms with Gasteiger partial charge in [-0.25, -0.2) is 0 Å². The molecular weight excluding hydrogens is 308 g/mol. The number of allylic oxidation sites excluding steroid dienone is 2. The molecule has 0 saturated carbocycles. The zero-order valence-electron chi connectivity index (χ0n) is 11.9. The van der Waals surface area contributed by atoms with Gasteiger partial charge in [-0.05, 0) is 24.3 Å². The molecule has 110 valence electrons. The summed E-state index contributed by atoms with van der Waals surface area (Å²) in [5.74, 6) is 0.332. The van der Waals surface area contributed by atoms with Crippen molar-refractivity contribution in [2.45, 2.75) is 10.8 Å². The first kappa shape index (κ1) is 13.6. The summed E-state index contributed by atoms with van der Waals surface area (Å²) < 4.78 is 5.46. The number of hydrogen-bond donors (Lipinski definition) is 1. The van der Waals surface area contributed by atoms with Crippen LogP contribution < -0.4 is 10.6 Å². The number of furan rings is 1. The van der Waals surface area contributed by atoms with Gasteiger partial charge in [0.05, 0.1) is 41.2 Å². The molecule has 0 unspecified atom stereocenters. The van der Waals surface area contributed by atoms with Crippen LogP contribution in [0.3, 0.4) is 0 Å². The second kappa shape index (κ2) is 4.98. The Morgan fingerprint density at radius 2 is 1.87 bits per heavy atom. The number of para-hydroxylation sites is 1. The summed E-state index contributed by atoms with van der Waals surface area (Å²) in [6.45, 7) is 0. The summed E-state index contributed by atoms with van der Waals surface area (Å²) in [5, 5.41) is 20.1. The van der Waals surface area contributed by atoms with E-state index in [1.54, 1.807) is 17.0 Å². The van der Waals surface area contributed by atoms with Crippen molar-refractivity contribution < 1.29 is 4.42 Å². The lowest BCUT2D eigenvalue weighted by molar-refractivity contribution is 0.501. The average molecular weight is 318 g/mol. The van der Waals surface area contributed by atoms with Gasteiger partial charge < -0.3 is 10.2 Å². The Balaban J connectivity index is 1.99. The van der Waals surface area contributed by atoms with Crippen LogP contribution in [0.5, 0.6) is 0 Å². The zero-order valence-corrected chi connectivity index (χ0v) is 12.7. The minimum Gasteiger partial charge on any atom is -0.468 e. The molecule has 0 bridgehead atoms. The van der Waals surface area contributed by atoms with Crippen molar-refractivity contribution in [2.24, 2.45) is 5.73 Å². The van der Waals surface area contributed by atoms with Crippen LogP contribution in [-0.4, -0.2) is 0 Å². The Hall–Kier alpha value is -3.09. The van der Waals surface area contributed by atoms with E-state index in [0.717, 1.165) is 15.6 Å². The third kappa shape index (κ3) is 1.79. The van der Waals surface area contributed by atoms with Crippen LogP contribution in [0.4, 0.5) is 5.69 Å². The molecule has 0 amide bonds. The number of anilines is 1. The molecule has 1 atom stereocenters. The number of nitrogens with zero attached hydrogens (tertiary/aromatic N) is 3. The van der Waals surface area contributed by atoms with Gasteiger partial charge in [-0.1, -0.05) is 23.9 Å². The van der Waals surface area contributed by atoms with Gasteiger partial charge in [-0.2, -0.15) is 10.5 Å². The van der Waals surface area contributed by atoms with E-state index < -0.39 is 5.92 Å². The second-order valence-corrected chi connectivity index (χ2v) is 6.13. The molecular formula is C17H10N4OS. The predicted octanol–water partition coefficient (Wildman–Crippen LogP) is 3.42. The quantitative estimate of drug-likeness (QED) is 0.866. The van der Waals surface area contributed by atoms with Crippen LogP contribution in [0.25, 0.3) is 0 Å². The molecule has 0 radical (unpaired) electrons. The van der Waals surface area contributed by atoms with E-state index in [4.69, 9.17) is 10.2 Å².